The topological polar surface area (TPSA) is 26.0 Å². The summed E-state index contributed by atoms with van der Waals surface area (Å²) in [7, 11) is 0. The van der Waals surface area contributed by atoms with Gasteiger partial charge in [0.25, 0.3) is 0 Å². The molecule has 0 aromatic heterocycles. The van der Waals surface area contributed by atoms with Gasteiger partial charge in [-0.05, 0) is 18.3 Å². The van der Waals surface area contributed by atoms with Crippen molar-refractivity contribution in [2.24, 2.45) is 17.6 Å². The number of rotatable bonds is 0. The zero-order valence-corrected chi connectivity index (χ0v) is 5.02. The molecular weight excluding hydrogens is 86.1 g/mol. The average Bonchev–Trinajstić information content (AvgIpc) is 1.68. The van der Waals surface area contributed by atoms with Crippen LogP contribution < -0.4 is 5.73 Å². The maximum atomic E-state index is 5.67. The summed E-state index contributed by atoms with van der Waals surface area (Å²) in [5, 5.41) is 0. The highest BCUT2D eigenvalue weighted by Crippen LogP contribution is 2.30. The number of hydrogen-bond donors (Lipinski definition) is 1. The second-order valence-corrected chi connectivity index (χ2v) is 2.77. The lowest BCUT2D eigenvalue weighted by Crippen LogP contribution is -2.45. The van der Waals surface area contributed by atoms with Crippen molar-refractivity contribution in [3.63, 3.8) is 0 Å². The minimum atomic E-state index is 0.500. The molecule has 0 aromatic rings. The van der Waals surface area contributed by atoms with Gasteiger partial charge in [-0.15, -0.1) is 0 Å². The third kappa shape index (κ3) is 0.653. The first kappa shape index (κ1) is 5.10. The van der Waals surface area contributed by atoms with Gasteiger partial charge in [0, 0.05) is 6.04 Å². The summed E-state index contributed by atoms with van der Waals surface area (Å²) in [5.74, 6) is 1.57. The predicted molar refractivity (Wildman–Crippen MR) is 30.9 cm³/mol. The Hall–Kier alpha value is -0.0400. The van der Waals surface area contributed by atoms with Crippen LogP contribution in [0.3, 0.4) is 0 Å². The molecule has 2 N–H and O–H groups in total. The van der Waals surface area contributed by atoms with Crippen LogP contribution in [0.4, 0.5) is 0 Å². The van der Waals surface area contributed by atoms with Crippen molar-refractivity contribution in [1.82, 2.24) is 0 Å². The third-order valence-corrected chi connectivity index (χ3v) is 2.06. The van der Waals surface area contributed by atoms with E-state index in [2.05, 4.69) is 13.8 Å². The smallest absolute Gasteiger partial charge is 0.00905 e. The molecule has 1 nitrogen and oxygen atoms in total. The van der Waals surface area contributed by atoms with E-state index >= 15 is 0 Å². The summed E-state index contributed by atoms with van der Waals surface area (Å²) >= 11 is 0. The van der Waals surface area contributed by atoms with Crippen LogP contribution >= 0.6 is 0 Å². The van der Waals surface area contributed by atoms with Gasteiger partial charge in [-0.1, -0.05) is 13.8 Å². The highest BCUT2D eigenvalue weighted by atomic mass is 14.7. The van der Waals surface area contributed by atoms with Gasteiger partial charge in [0.05, 0.1) is 0 Å². The Morgan fingerprint density at radius 2 is 1.71 bits per heavy atom. The summed E-state index contributed by atoms with van der Waals surface area (Å²) in [6.45, 7) is 4.43. The zero-order chi connectivity index (χ0) is 5.44. The van der Waals surface area contributed by atoms with Crippen LogP contribution in [-0.4, -0.2) is 6.04 Å². The summed E-state index contributed by atoms with van der Waals surface area (Å²) in [6, 6.07) is 0.500. The Kier molecular flexibility index (Phi) is 1.08. The molecule has 1 heteroatoms. The van der Waals surface area contributed by atoms with Crippen molar-refractivity contribution in [2.75, 3.05) is 0 Å². The third-order valence-electron chi connectivity index (χ3n) is 2.06. The monoisotopic (exact) mass is 99.1 g/mol. The molecule has 1 fully saturated rings. The van der Waals surface area contributed by atoms with Gasteiger partial charge in [-0.3, -0.25) is 0 Å². The molecule has 42 valence electrons. The SMILES string of the molecule is CC1C[C@H](C)C1N. The normalized spacial score (nSPS) is 51.0. The van der Waals surface area contributed by atoms with Crippen LogP contribution in [0.25, 0.3) is 0 Å². The lowest BCUT2D eigenvalue weighted by molar-refractivity contribution is 0.179. The minimum absolute atomic E-state index is 0.500. The van der Waals surface area contributed by atoms with Gasteiger partial charge in [-0.2, -0.15) is 0 Å². The molecule has 7 heavy (non-hydrogen) atoms. The van der Waals surface area contributed by atoms with E-state index < -0.39 is 0 Å². The van der Waals surface area contributed by atoms with E-state index in [4.69, 9.17) is 5.73 Å². The molecule has 0 saturated heterocycles. The lowest BCUT2D eigenvalue weighted by atomic mass is 9.73. The molecule has 2 unspecified atom stereocenters. The molecular formula is C6H13N. The first-order valence-corrected chi connectivity index (χ1v) is 2.97. The summed E-state index contributed by atoms with van der Waals surface area (Å²) in [5.41, 5.74) is 5.67. The van der Waals surface area contributed by atoms with E-state index in [1.54, 1.807) is 0 Å². The molecule has 1 rings (SSSR count). The maximum Gasteiger partial charge on any atom is 0.00905 e. The fourth-order valence-corrected chi connectivity index (χ4v) is 1.27. The van der Waals surface area contributed by atoms with E-state index in [0.29, 0.717) is 6.04 Å². The lowest BCUT2D eigenvalue weighted by Gasteiger charge is -2.37. The van der Waals surface area contributed by atoms with E-state index in [0.717, 1.165) is 11.8 Å². The standard InChI is InChI=1S/C6H13N/c1-4-3-5(2)6(4)7/h4-6H,3,7H2,1-2H3/t4-,5?,6?/m0/s1. The predicted octanol–water partition coefficient (Wildman–Crippen LogP) is 0.990. The fourth-order valence-electron chi connectivity index (χ4n) is 1.27. The van der Waals surface area contributed by atoms with Crippen LogP contribution in [0.1, 0.15) is 20.3 Å². The van der Waals surface area contributed by atoms with Crippen molar-refractivity contribution in [3.05, 3.63) is 0 Å². The maximum absolute atomic E-state index is 5.67. The molecule has 0 radical (unpaired) electrons. The fraction of sp³-hybridized carbons (Fsp3) is 1.00. The Balaban J connectivity index is 2.29. The average molecular weight is 99.2 g/mol. The van der Waals surface area contributed by atoms with Gasteiger partial charge in [-0.25, -0.2) is 0 Å². The highest BCUT2D eigenvalue weighted by molar-refractivity contribution is 4.86. The molecule has 0 aromatic carbocycles. The van der Waals surface area contributed by atoms with Crippen LogP contribution in [0.2, 0.25) is 0 Å². The van der Waals surface area contributed by atoms with E-state index in [-0.39, 0.29) is 0 Å². The first-order chi connectivity index (χ1) is 3.22. The molecule has 0 heterocycles. The van der Waals surface area contributed by atoms with Crippen molar-refractivity contribution in [1.29, 1.82) is 0 Å². The van der Waals surface area contributed by atoms with Gasteiger partial charge < -0.3 is 5.73 Å². The van der Waals surface area contributed by atoms with E-state index in [9.17, 15) is 0 Å². The van der Waals surface area contributed by atoms with Crippen molar-refractivity contribution in [2.45, 2.75) is 26.3 Å². The van der Waals surface area contributed by atoms with Crippen molar-refractivity contribution < 1.29 is 0 Å². The van der Waals surface area contributed by atoms with Gasteiger partial charge in [0.15, 0.2) is 0 Å². The molecule has 1 aliphatic rings. The Labute approximate surface area is 44.9 Å². The van der Waals surface area contributed by atoms with Crippen molar-refractivity contribution in [3.8, 4) is 0 Å². The molecule has 3 atom stereocenters. The van der Waals surface area contributed by atoms with Gasteiger partial charge >= 0.3 is 0 Å². The zero-order valence-electron chi connectivity index (χ0n) is 5.02. The van der Waals surface area contributed by atoms with E-state index in [1.165, 1.54) is 6.42 Å². The Morgan fingerprint density at radius 3 is 1.71 bits per heavy atom. The van der Waals surface area contributed by atoms with Gasteiger partial charge in [0.2, 0.25) is 0 Å². The number of hydrogen-bond acceptors (Lipinski definition) is 1. The van der Waals surface area contributed by atoms with Crippen LogP contribution in [0, 0.1) is 11.8 Å². The van der Waals surface area contributed by atoms with Gasteiger partial charge in [0.1, 0.15) is 0 Å². The Bertz CT molecular complexity index is 62.6. The molecule has 0 aliphatic heterocycles. The molecule has 0 bridgehead atoms. The van der Waals surface area contributed by atoms with Crippen LogP contribution in [-0.2, 0) is 0 Å². The Morgan fingerprint density at radius 1 is 1.29 bits per heavy atom. The first-order valence-electron chi connectivity index (χ1n) is 2.97. The van der Waals surface area contributed by atoms with Crippen molar-refractivity contribution >= 4 is 0 Å². The van der Waals surface area contributed by atoms with Crippen LogP contribution in [0.15, 0.2) is 0 Å². The highest BCUT2D eigenvalue weighted by Gasteiger charge is 2.30. The quantitative estimate of drug-likeness (QED) is 0.481. The minimum Gasteiger partial charge on any atom is -0.327 e. The summed E-state index contributed by atoms with van der Waals surface area (Å²) in [4.78, 5) is 0. The summed E-state index contributed by atoms with van der Waals surface area (Å²) in [6.07, 6.45) is 1.33. The van der Waals surface area contributed by atoms with Crippen LogP contribution in [0.5, 0.6) is 0 Å². The second-order valence-electron chi connectivity index (χ2n) is 2.77. The summed E-state index contributed by atoms with van der Waals surface area (Å²) < 4.78 is 0. The largest absolute Gasteiger partial charge is 0.327 e. The molecule has 1 saturated carbocycles. The molecule has 1 aliphatic carbocycles. The van der Waals surface area contributed by atoms with E-state index in [1.807, 2.05) is 0 Å². The number of nitrogens with two attached hydrogens (primary N) is 1. The second kappa shape index (κ2) is 1.48. The molecule has 0 amide bonds. The molecule has 0 spiro atoms.